The van der Waals surface area contributed by atoms with Gasteiger partial charge in [-0.1, -0.05) is 116 Å². The largest absolute Gasteiger partial charge is 0.491 e. The second-order valence-corrected chi connectivity index (χ2v) is 13.1. The van der Waals surface area contributed by atoms with Crippen LogP contribution in [0.25, 0.3) is 43.1 Å². The van der Waals surface area contributed by atoms with E-state index in [9.17, 15) is 0 Å². The van der Waals surface area contributed by atoms with Gasteiger partial charge in [-0.2, -0.15) is 0 Å². The Kier molecular flexibility index (Phi) is 8.63. The highest BCUT2D eigenvalue weighted by Crippen LogP contribution is 2.43. The molecule has 0 fully saturated rings. The van der Waals surface area contributed by atoms with Crippen molar-refractivity contribution in [2.75, 3.05) is 24.7 Å². The highest BCUT2D eigenvalue weighted by Gasteiger charge is 2.17. The van der Waals surface area contributed by atoms with Gasteiger partial charge in [-0.3, -0.25) is 0 Å². The Bertz CT molecular complexity index is 2070. The van der Waals surface area contributed by atoms with Crippen LogP contribution in [-0.2, 0) is 6.42 Å². The van der Waals surface area contributed by atoms with E-state index in [-0.39, 0.29) is 0 Å². The maximum atomic E-state index is 6.66. The van der Waals surface area contributed by atoms with E-state index in [0.717, 1.165) is 51.0 Å². The standard InChI is InChI=1S/C40H34O2S2/c1-2-28-21-22-35-36(27-28)40(42-24-26-44-38-20-10-14-30-12-4-6-16-32(30)38)34-18-8-7-17-33(34)39(35)41-23-25-43-37-19-9-13-29-11-3-5-15-31(29)37/h3-22,27H,2,23-26H2,1H3. The summed E-state index contributed by atoms with van der Waals surface area (Å²) in [7, 11) is 0. The zero-order valence-corrected chi connectivity index (χ0v) is 26.4. The van der Waals surface area contributed by atoms with E-state index in [0.29, 0.717) is 13.2 Å². The lowest BCUT2D eigenvalue weighted by atomic mass is 9.98. The van der Waals surface area contributed by atoms with E-state index in [4.69, 9.17) is 9.47 Å². The van der Waals surface area contributed by atoms with Crippen molar-refractivity contribution in [2.45, 2.75) is 23.1 Å². The Balaban J connectivity index is 1.14. The molecular formula is C40H34O2S2. The second-order valence-electron chi connectivity index (χ2n) is 10.8. The van der Waals surface area contributed by atoms with Crippen molar-refractivity contribution in [1.29, 1.82) is 0 Å². The molecule has 0 amide bonds. The molecule has 0 aliphatic carbocycles. The molecule has 0 unspecified atom stereocenters. The number of aryl methyl sites for hydroxylation is 1. The number of thioether (sulfide) groups is 2. The molecule has 0 saturated carbocycles. The van der Waals surface area contributed by atoms with Crippen LogP contribution in [0, 0.1) is 0 Å². The fourth-order valence-corrected chi connectivity index (χ4v) is 7.72. The van der Waals surface area contributed by atoms with Gasteiger partial charge in [-0.25, -0.2) is 0 Å². The zero-order chi connectivity index (χ0) is 29.7. The van der Waals surface area contributed by atoms with Crippen LogP contribution in [0.1, 0.15) is 12.5 Å². The van der Waals surface area contributed by atoms with Crippen LogP contribution >= 0.6 is 23.5 Å². The molecule has 218 valence electrons. The molecule has 0 aliphatic rings. The summed E-state index contributed by atoms with van der Waals surface area (Å²) in [5.74, 6) is 3.61. The third-order valence-electron chi connectivity index (χ3n) is 8.07. The first-order valence-corrected chi connectivity index (χ1v) is 17.2. The molecule has 0 atom stereocenters. The molecule has 0 saturated heterocycles. The van der Waals surface area contributed by atoms with Crippen LogP contribution in [0.2, 0.25) is 0 Å². The van der Waals surface area contributed by atoms with Crippen LogP contribution in [0.5, 0.6) is 11.5 Å². The summed E-state index contributed by atoms with van der Waals surface area (Å²) in [5, 5.41) is 9.55. The minimum absolute atomic E-state index is 0.615. The van der Waals surface area contributed by atoms with E-state index in [1.165, 1.54) is 36.9 Å². The van der Waals surface area contributed by atoms with Crippen molar-refractivity contribution in [3.8, 4) is 11.5 Å². The molecule has 0 spiro atoms. The first-order chi connectivity index (χ1) is 21.8. The highest BCUT2D eigenvalue weighted by molar-refractivity contribution is 7.99. The van der Waals surface area contributed by atoms with Gasteiger partial charge in [0.05, 0.1) is 13.2 Å². The van der Waals surface area contributed by atoms with Gasteiger partial charge in [-0.05, 0) is 51.7 Å². The molecular weight excluding hydrogens is 577 g/mol. The molecule has 0 bridgehead atoms. The lowest BCUT2D eigenvalue weighted by molar-refractivity contribution is 0.346. The molecule has 7 aromatic carbocycles. The number of benzene rings is 7. The molecule has 0 aromatic heterocycles. The summed E-state index contributed by atoms with van der Waals surface area (Å²) in [6, 6.07) is 45.4. The quantitative estimate of drug-likeness (QED) is 0.0823. The third-order valence-corrected chi connectivity index (χ3v) is 10.1. The lowest BCUT2D eigenvalue weighted by Crippen LogP contribution is -2.05. The number of ether oxygens (including phenoxy) is 2. The van der Waals surface area contributed by atoms with Crippen LogP contribution < -0.4 is 9.47 Å². The average molecular weight is 611 g/mol. The molecule has 0 heterocycles. The van der Waals surface area contributed by atoms with Crippen molar-refractivity contribution in [2.24, 2.45) is 0 Å². The molecule has 0 N–H and O–H groups in total. The molecule has 0 radical (unpaired) electrons. The van der Waals surface area contributed by atoms with Gasteiger partial charge >= 0.3 is 0 Å². The summed E-state index contributed by atoms with van der Waals surface area (Å²) in [4.78, 5) is 2.58. The Morgan fingerprint density at radius 3 is 1.45 bits per heavy atom. The topological polar surface area (TPSA) is 18.5 Å². The SMILES string of the molecule is CCc1ccc2c(OCCSc3cccc4ccccc34)c3ccccc3c(OCCSc3cccc4ccccc34)c2c1. The number of hydrogen-bond acceptors (Lipinski definition) is 4. The first kappa shape index (κ1) is 28.6. The number of hydrogen-bond donors (Lipinski definition) is 0. The van der Waals surface area contributed by atoms with Crippen LogP contribution in [-0.4, -0.2) is 24.7 Å². The van der Waals surface area contributed by atoms with Crippen LogP contribution in [0.15, 0.2) is 137 Å². The molecule has 4 heteroatoms. The molecule has 7 aromatic rings. The van der Waals surface area contributed by atoms with Crippen molar-refractivity contribution in [3.05, 3.63) is 133 Å². The minimum atomic E-state index is 0.615. The molecule has 0 aliphatic heterocycles. The average Bonchev–Trinajstić information content (AvgIpc) is 3.08. The van der Waals surface area contributed by atoms with E-state index in [1.54, 1.807) is 0 Å². The predicted octanol–water partition coefficient (Wildman–Crippen LogP) is 11.2. The second kappa shape index (κ2) is 13.3. The van der Waals surface area contributed by atoms with Gasteiger partial charge < -0.3 is 9.47 Å². The monoisotopic (exact) mass is 610 g/mol. The fraction of sp³-hybridized carbons (Fsp3) is 0.150. The van der Waals surface area contributed by atoms with Crippen molar-refractivity contribution in [3.63, 3.8) is 0 Å². The van der Waals surface area contributed by atoms with E-state index >= 15 is 0 Å². The Morgan fingerprint density at radius 2 is 0.909 bits per heavy atom. The normalized spacial score (nSPS) is 11.5. The van der Waals surface area contributed by atoms with Gasteiger partial charge in [0.15, 0.2) is 0 Å². The van der Waals surface area contributed by atoms with Gasteiger partial charge in [0.25, 0.3) is 0 Å². The summed E-state index contributed by atoms with van der Waals surface area (Å²) in [5.41, 5.74) is 1.29. The van der Waals surface area contributed by atoms with E-state index in [1.807, 2.05) is 23.5 Å². The third kappa shape index (κ3) is 5.85. The van der Waals surface area contributed by atoms with Crippen molar-refractivity contribution in [1.82, 2.24) is 0 Å². The Hall–Kier alpha value is -4.12. The van der Waals surface area contributed by atoms with Crippen LogP contribution in [0.3, 0.4) is 0 Å². The Morgan fingerprint density at radius 1 is 0.455 bits per heavy atom. The van der Waals surface area contributed by atoms with Gasteiger partial charge in [0, 0.05) is 42.8 Å². The smallest absolute Gasteiger partial charge is 0.135 e. The zero-order valence-electron chi connectivity index (χ0n) is 24.8. The van der Waals surface area contributed by atoms with Gasteiger partial charge in [-0.15, -0.1) is 23.5 Å². The number of rotatable bonds is 11. The summed E-state index contributed by atoms with van der Waals surface area (Å²) in [6.45, 7) is 3.43. The Labute approximate surface area is 267 Å². The first-order valence-electron chi connectivity index (χ1n) is 15.2. The van der Waals surface area contributed by atoms with Crippen LogP contribution in [0.4, 0.5) is 0 Å². The lowest BCUT2D eigenvalue weighted by Gasteiger charge is -2.19. The summed E-state index contributed by atoms with van der Waals surface area (Å²) < 4.78 is 13.3. The molecule has 7 rings (SSSR count). The molecule has 2 nitrogen and oxygen atoms in total. The van der Waals surface area contributed by atoms with Crippen molar-refractivity contribution < 1.29 is 9.47 Å². The van der Waals surface area contributed by atoms with E-state index in [2.05, 4.69) is 134 Å². The summed E-state index contributed by atoms with van der Waals surface area (Å²) >= 11 is 3.70. The molecule has 44 heavy (non-hydrogen) atoms. The van der Waals surface area contributed by atoms with Crippen molar-refractivity contribution >= 4 is 66.6 Å². The highest BCUT2D eigenvalue weighted by atomic mass is 32.2. The number of fused-ring (bicyclic) bond motifs is 4. The van der Waals surface area contributed by atoms with E-state index < -0.39 is 0 Å². The van der Waals surface area contributed by atoms with Gasteiger partial charge in [0.1, 0.15) is 11.5 Å². The summed E-state index contributed by atoms with van der Waals surface area (Å²) in [6.07, 6.45) is 0.969. The fourth-order valence-electron chi connectivity index (χ4n) is 5.91. The van der Waals surface area contributed by atoms with Gasteiger partial charge in [0.2, 0.25) is 0 Å². The predicted molar refractivity (Wildman–Crippen MR) is 191 cm³/mol. The maximum Gasteiger partial charge on any atom is 0.135 e. The maximum absolute atomic E-state index is 6.66. The minimum Gasteiger partial charge on any atom is -0.491 e.